The van der Waals surface area contributed by atoms with Crippen molar-refractivity contribution in [3.05, 3.63) is 18.3 Å². The van der Waals surface area contributed by atoms with E-state index in [9.17, 15) is 4.79 Å². The highest BCUT2D eigenvalue weighted by molar-refractivity contribution is 6.03. The summed E-state index contributed by atoms with van der Waals surface area (Å²) in [6.07, 6.45) is 1.76. The molecule has 86 valence electrons. The summed E-state index contributed by atoms with van der Waals surface area (Å²) >= 11 is 0. The van der Waals surface area contributed by atoms with E-state index in [-0.39, 0.29) is 24.4 Å². The maximum Gasteiger partial charge on any atom is 0.248 e. The van der Waals surface area contributed by atoms with Crippen molar-refractivity contribution in [2.24, 2.45) is 0 Å². The van der Waals surface area contributed by atoms with E-state index in [4.69, 9.17) is 0 Å². The van der Waals surface area contributed by atoms with Crippen molar-refractivity contribution in [2.45, 2.75) is 6.04 Å². The Morgan fingerprint density at radius 1 is 1.50 bits per heavy atom. The van der Waals surface area contributed by atoms with Gasteiger partial charge in [0.2, 0.25) is 5.91 Å². The maximum atomic E-state index is 11.8. The van der Waals surface area contributed by atoms with E-state index in [0.29, 0.717) is 6.54 Å². The standard InChI is InChI=1S/C10H12N4O.ClH/c15-10-8-6-11-4-5-14(8)9-7(13-10)2-1-3-12-9;/h1-3,8,11H,4-6H2,(H,13,15);1H. The molecule has 0 aromatic carbocycles. The van der Waals surface area contributed by atoms with Crippen LogP contribution in [-0.2, 0) is 4.79 Å². The molecule has 6 heteroatoms. The predicted molar refractivity (Wildman–Crippen MR) is 64.1 cm³/mol. The highest BCUT2D eigenvalue weighted by Gasteiger charge is 2.35. The molecule has 2 N–H and O–H groups in total. The molecule has 0 spiro atoms. The van der Waals surface area contributed by atoms with Gasteiger partial charge in [0.25, 0.3) is 0 Å². The molecule has 1 aromatic heterocycles. The molecule has 0 bridgehead atoms. The first kappa shape index (κ1) is 11.2. The number of aromatic nitrogens is 1. The Morgan fingerprint density at radius 3 is 3.25 bits per heavy atom. The van der Waals surface area contributed by atoms with Gasteiger partial charge in [-0.1, -0.05) is 0 Å². The molecule has 16 heavy (non-hydrogen) atoms. The molecule has 0 aliphatic carbocycles. The third-order valence-electron chi connectivity index (χ3n) is 2.86. The van der Waals surface area contributed by atoms with Crippen LogP contribution < -0.4 is 15.5 Å². The minimum Gasteiger partial charge on any atom is -0.340 e. The van der Waals surface area contributed by atoms with E-state index < -0.39 is 0 Å². The SMILES string of the molecule is Cl.O=C1Nc2cccnc2N2CCNCC12. The highest BCUT2D eigenvalue weighted by Crippen LogP contribution is 2.29. The van der Waals surface area contributed by atoms with E-state index >= 15 is 0 Å². The fraction of sp³-hybridized carbons (Fsp3) is 0.400. The van der Waals surface area contributed by atoms with Crippen LogP contribution >= 0.6 is 12.4 Å². The molecule has 0 radical (unpaired) electrons. The molecular weight excluding hydrogens is 228 g/mol. The van der Waals surface area contributed by atoms with Gasteiger partial charge in [-0.2, -0.15) is 0 Å². The van der Waals surface area contributed by atoms with Gasteiger partial charge in [0, 0.05) is 25.8 Å². The summed E-state index contributed by atoms with van der Waals surface area (Å²) in [5, 5.41) is 6.09. The van der Waals surface area contributed by atoms with Crippen LogP contribution in [0.2, 0.25) is 0 Å². The second-order valence-electron chi connectivity index (χ2n) is 3.78. The Labute approximate surface area is 99.6 Å². The molecule has 1 amide bonds. The Kier molecular flexibility index (Phi) is 2.98. The van der Waals surface area contributed by atoms with Crippen molar-refractivity contribution in [1.29, 1.82) is 0 Å². The summed E-state index contributed by atoms with van der Waals surface area (Å²) in [5.41, 5.74) is 0.820. The summed E-state index contributed by atoms with van der Waals surface area (Å²) in [6, 6.07) is 3.61. The zero-order chi connectivity index (χ0) is 10.3. The van der Waals surface area contributed by atoms with Crippen LogP contribution in [0.25, 0.3) is 0 Å². The first-order chi connectivity index (χ1) is 7.36. The minimum atomic E-state index is -0.110. The number of nitrogens with one attached hydrogen (secondary N) is 2. The third-order valence-corrected chi connectivity index (χ3v) is 2.86. The number of carbonyl (C=O) groups excluding carboxylic acids is 1. The van der Waals surface area contributed by atoms with Crippen LogP contribution in [0.5, 0.6) is 0 Å². The van der Waals surface area contributed by atoms with Crippen LogP contribution in [0, 0.1) is 0 Å². The van der Waals surface area contributed by atoms with Gasteiger partial charge in [-0.3, -0.25) is 4.79 Å². The largest absolute Gasteiger partial charge is 0.340 e. The Hall–Kier alpha value is -1.33. The van der Waals surface area contributed by atoms with Crippen molar-refractivity contribution >= 4 is 29.8 Å². The van der Waals surface area contributed by atoms with Gasteiger partial charge < -0.3 is 15.5 Å². The van der Waals surface area contributed by atoms with E-state index in [1.54, 1.807) is 6.20 Å². The monoisotopic (exact) mass is 240 g/mol. The molecular formula is C10H13ClN4O. The Morgan fingerprint density at radius 2 is 2.38 bits per heavy atom. The molecule has 1 fully saturated rings. The van der Waals surface area contributed by atoms with Gasteiger partial charge >= 0.3 is 0 Å². The van der Waals surface area contributed by atoms with E-state index in [0.717, 1.165) is 24.6 Å². The number of fused-ring (bicyclic) bond motifs is 3. The summed E-state index contributed by atoms with van der Waals surface area (Å²) < 4.78 is 0. The van der Waals surface area contributed by atoms with Crippen LogP contribution in [0.3, 0.4) is 0 Å². The summed E-state index contributed by atoms with van der Waals surface area (Å²) in [4.78, 5) is 18.2. The van der Waals surface area contributed by atoms with Gasteiger partial charge in [0.15, 0.2) is 5.82 Å². The molecule has 0 saturated carbocycles. The second kappa shape index (κ2) is 4.27. The molecule has 2 aliphatic heterocycles. The average Bonchev–Trinajstić information content (AvgIpc) is 2.30. The van der Waals surface area contributed by atoms with Crippen molar-refractivity contribution in [3.8, 4) is 0 Å². The fourth-order valence-corrected chi connectivity index (χ4v) is 2.13. The molecule has 1 aromatic rings. The lowest BCUT2D eigenvalue weighted by Gasteiger charge is -2.40. The lowest BCUT2D eigenvalue weighted by atomic mass is 10.1. The fourth-order valence-electron chi connectivity index (χ4n) is 2.13. The Bertz CT molecular complexity index is 412. The maximum absolute atomic E-state index is 11.8. The molecule has 2 aliphatic rings. The summed E-state index contributed by atoms with van der Waals surface area (Å²) in [5.74, 6) is 0.950. The lowest BCUT2D eigenvalue weighted by molar-refractivity contribution is -0.117. The van der Waals surface area contributed by atoms with Crippen molar-refractivity contribution in [2.75, 3.05) is 29.9 Å². The number of rotatable bonds is 0. The molecule has 5 nitrogen and oxygen atoms in total. The van der Waals surface area contributed by atoms with Crippen LogP contribution in [-0.4, -0.2) is 36.6 Å². The predicted octanol–water partition coefficient (Wildman–Crippen LogP) is 0.234. The number of hydrogen-bond donors (Lipinski definition) is 2. The van der Waals surface area contributed by atoms with Crippen LogP contribution in [0.4, 0.5) is 11.5 Å². The smallest absolute Gasteiger partial charge is 0.248 e. The van der Waals surface area contributed by atoms with Gasteiger partial charge in [0.1, 0.15) is 6.04 Å². The van der Waals surface area contributed by atoms with E-state index in [1.165, 1.54) is 0 Å². The van der Waals surface area contributed by atoms with Crippen molar-refractivity contribution in [1.82, 2.24) is 10.3 Å². The summed E-state index contributed by atoms with van der Waals surface area (Å²) in [6.45, 7) is 2.43. The zero-order valence-corrected chi connectivity index (χ0v) is 9.46. The Balaban J connectivity index is 0.000000963. The molecule has 1 unspecified atom stereocenters. The van der Waals surface area contributed by atoms with Crippen LogP contribution in [0.1, 0.15) is 0 Å². The zero-order valence-electron chi connectivity index (χ0n) is 8.64. The van der Waals surface area contributed by atoms with E-state index in [2.05, 4.69) is 20.5 Å². The van der Waals surface area contributed by atoms with Gasteiger partial charge in [-0.15, -0.1) is 12.4 Å². The van der Waals surface area contributed by atoms with Crippen LogP contribution in [0.15, 0.2) is 18.3 Å². The summed E-state index contributed by atoms with van der Waals surface area (Å²) in [7, 11) is 0. The van der Waals surface area contributed by atoms with Crippen molar-refractivity contribution < 1.29 is 4.79 Å². The molecule has 1 atom stereocenters. The van der Waals surface area contributed by atoms with Gasteiger partial charge in [-0.05, 0) is 12.1 Å². The highest BCUT2D eigenvalue weighted by atomic mass is 35.5. The number of hydrogen-bond acceptors (Lipinski definition) is 4. The number of piperazine rings is 1. The van der Waals surface area contributed by atoms with Crippen molar-refractivity contribution in [3.63, 3.8) is 0 Å². The van der Waals surface area contributed by atoms with Gasteiger partial charge in [0.05, 0.1) is 5.69 Å². The minimum absolute atomic E-state index is 0. The average molecular weight is 241 g/mol. The number of halogens is 1. The number of anilines is 2. The quantitative estimate of drug-likeness (QED) is 0.682. The number of pyridine rings is 1. The lowest BCUT2D eigenvalue weighted by Crippen LogP contribution is -2.59. The van der Waals surface area contributed by atoms with E-state index in [1.807, 2.05) is 12.1 Å². The molecule has 1 saturated heterocycles. The molecule has 3 heterocycles. The number of amides is 1. The molecule has 3 rings (SSSR count). The number of nitrogens with zero attached hydrogens (tertiary/aromatic N) is 2. The topological polar surface area (TPSA) is 57.3 Å². The number of carbonyl (C=O) groups is 1. The van der Waals surface area contributed by atoms with Gasteiger partial charge in [-0.25, -0.2) is 4.98 Å². The first-order valence-electron chi connectivity index (χ1n) is 5.09. The first-order valence-corrected chi connectivity index (χ1v) is 5.09. The normalized spacial score (nSPS) is 22.6. The second-order valence-corrected chi connectivity index (χ2v) is 3.78. The third kappa shape index (κ3) is 1.62.